The lowest BCUT2D eigenvalue weighted by molar-refractivity contribution is -0.890. The second-order valence-corrected chi connectivity index (χ2v) is 10.5. The molecule has 0 spiro atoms. The van der Waals surface area contributed by atoms with Crippen LogP contribution >= 0.6 is 0 Å². The number of unbranched alkanes of at least 4 members (excludes halogenated alkanes) is 14. The zero-order chi connectivity index (χ0) is 25.5. The lowest BCUT2D eigenvalue weighted by atomic mass is 10.1. The molecular weight excluding hydrogens is 422 g/mol. The van der Waals surface area contributed by atoms with E-state index in [1.165, 1.54) is 132 Å². The largest absolute Gasteiger partial charge is 0.547 e. The van der Waals surface area contributed by atoms with Crippen LogP contribution in [0.5, 0.6) is 0 Å². The van der Waals surface area contributed by atoms with Crippen molar-refractivity contribution in [3.63, 3.8) is 0 Å². The molecule has 0 aliphatic carbocycles. The molecule has 4 nitrogen and oxygen atoms in total. The summed E-state index contributed by atoms with van der Waals surface area (Å²) in [6.45, 7) is 7.36. The quantitative estimate of drug-likeness (QED) is 0.166. The molecule has 1 aromatic carbocycles. The number of nitrogens with zero attached hydrogens (tertiary/aromatic N) is 1. The third-order valence-electron chi connectivity index (χ3n) is 6.57. The number of aliphatic carboxylic acids is 1. The van der Waals surface area contributed by atoms with Crippen LogP contribution in [-0.4, -0.2) is 42.7 Å². The molecule has 4 heteroatoms. The average Bonchev–Trinajstić information content (AvgIpc) is 2.83. The Morgan fingerprint density at radius 2 is 1.06 bits per heavy atom. The molecule has 0 fully saturated rings. The summed E-state index contributed by atoms with van der Waals surface area (Å²) in [7, 11) is 4.87. The van der Waals surface area contributed by atoms with E-state index >= 15 is 0 Å². The van der Waals surface area contributed by atoms with Gasteiger partial charge in [-0.15, -0.1) is 0 Å². The van der Waals surface area contributed by atoms with Crippen molar-refractivity contribution in [1.29, 1.82) is 0 Å². The maximum Gasteiger partial charge on any atom is 0.118 e. The summed E-state index contributed by atoms with van der Waals surface area (Å²) in [5.41, 5.74) is 0.340. The minimum atomic E-state index is -1.52. The first kappa shape index (κ1) is 32.6. The summed E-state index contributed by atoms with van der Waals surface area (Å²) in [6.07, 6.45) is 21.5. The molecule has 0 saturated heterocycles. The minimum Gasteiger partial charge on any atom is -0.547 e. The Morgan fingerprint density at radius 1 is 0.706 bits per heavy atom. The first-order valence-electron chi connectivity index (χ1n) is 14.1. The first-order valence-corrected chi connectivity index (χ1v) is 14.1. The molecule has 0 amide bonds. The van der Waals surface area contributed by atoms with Crippen LogP contribution in [-0.2, 0) is 4.79 Å². The van der Waals surface area contributed by atoms with Gasteiger partial charge in [-0.3, -0.25) is 0 Å². The summed E-state index contributed by atoms with van der Waals surface area (Å²) >= 11 is 0. The fourth-order valence-electron chi connectivity index (χ4n) is 4.23. The Morgan fingerprint density at radius 3 is 1.41 bits per heavy atom. The SMILES string of the molecule is CCCCCCCCCC[N+](C)(C)CCCCCCCCCC.O=C([O-])[C@H](O)c1ccccc1. The zero-order valence-corrected chi connectivity index (χ0v) is 22.9. The monoisotopic (exact) mass is 477 g/mol. The highest BCUT2D eigenvalue weighted by Crippen LogP contribution is 2.13. The first-order chi connectivity index (χ1) is 16.3. The number of rotatable bonds is 20. The normalized spacial score (nSPS) is 12.1. The van der Waals surface area contributed by atoms with Crippen LogP contribution < -0.4 is 5.11 Å². The number of carboxylic acids is 1. The highest BCUT2D eigenvalue weighted by atomic mass is 16.4. The molecule has 0 bridgehead atoms. The Balaban J connectivity index is 0.000000818. The molecule has 1 rings (SSSR count). The van der Waals surface area contributed by atoms with Crippen molar-refractivity contribution in [2.24, 2.45) is 0 Å². The van der Waals surface area contributed by atoms with Gasteiger partial charge in [-0.2, -0.15) is 0 Å². The number of hydrogen-bond acceptors (Lipinski definition) is 3. The summed E-state index contributed by atoms with van der Waals surface area (Å²) in [5.74, 6) is -1.48. The third-order valence-corrected chi connectivity index (χ3v) is 6.57. The van der Waals surface area contributed by atoms with Gasteiger partial charge in [0.1, 0.15) is 6.10 Å². The molecule has 1 aromatic rings. The van der Waals surface area contributed by atoms with Gasteiger partial charge in [0.25, 0.3) is 0 Å². The van der Waals surface area contributed by atoms with Crippen LogP contribution in [0.1, 0.15) is 128 Å². The fourth-order valence-corrected chi connectivity index (χ4v) is 4.23. The third kappa shape index (κ3) is 20.0. The molecule has 1 N–H and O–H groups in total. The maximum absolute atomic E-state index is 10.1. The summed E-state index contributed by atoms with van der Waals surface area (Å²) in [6, 6.07) is 8.11. The minimum absolute atomic E-state index is 0.340. The topological polar surface area (TPSA) is 60.4 Å². The maximum atomic E-state index is 10.1. The van der Waals surface area contributed by atoms with Gasteiger partial charge in [0.2, 0.25) is 0 Å². The van der Waals surface area contributed by atoms with E-state index in [1.54, 1.807) is 18.2 Å². The smallest absolute Gasteiger partial charge is 0.118 e. The molecule has 0 aliphatic rings. The Bertz CT molecular complexity index is 552. The molecule has 0 unspecified atom stereocenters. The fraction of sp³-hybridized carbons (Fsp3) is 0.767. The van der Waals surface area contributed by atoms with E-state index in [9.17, 15) is 9.90 Å². The number of aliphatic hydroxyl groups is 1. The van der Waals surface area contributed by atoms with E-state index in [-0.39, 0.29) is 0 Å². The summed E-state index contributed by atoms with van der Waals surface area (Å²) in [4.78, 5) is 10.1. The lowest BCUT2D eigenvalue weighted by Crippen LogP contribution is -2.41. The van der Waals surface area contributed by atoms with Crippen molar-refractivity contribution in [2.75, 3.05) is 27.2 Å². The van der Waals surface area contributed by atoms with Crippen LogP contribution in [0.4, 0.5) is 0 Å². The van der Waals surface area contributed by atoms with Crippen molar-refractivity contribution in [3.8, 4) is 0 Å². The standard InChI is InChI=1S/C22H48N.C8H8O3/c1-5-7-9-11-13-15-17-19-21-23(3,4)22-20-18-16-14-12-10-8-6-2;9-7(8(10)11)6-4-2-1-3-5-6/h5-22H2,1-4H3;1-5,7,9H,(H,10,11)/q+1;/p-1/t;7-/m.1/s1. The summed E-state index contributed by atoms with van der Waals surface area (Å²) < 4.78 is 1.24. The molecule has 198 valence electrons. The van der Waals surface area contributed by atoms with E-state index < -0.39 is 12.1 Å². The number of aliphatic hydroxyl groups excluding tert-OH is 1. The number of quaternary nitrogens is 1. The van der Waals surface area contributed by atoms with Crippen molar-refractivity contribution in [2.45, 2.75) is 123 Å². The molecule has 0 aliphatic heterocycles. The highest BCUT2D eigenvalue weighted by Gasteiger charge is 2.13. The van der Waals surface area contributed by atoms with Crippen molar-refractivity contribution in [3.05, 3.63) is 35.9 Å². The Labute approximate surface area is 211 Å². The van der Waals surface area contributed by atoms with E-state index in [0.717, 1.165) is 0 Å². The van der Waals surface area contributed by atoms with Crippen LogP contribution in [0.3, 0.4) is 0 Å². The second kappa shape index (κ2) is 22.1. The Kier molecular flexibility index (Phi) is 21.2. The highest BCUT2D eigenvalue weighted by molar-refractivity contribution is 5.71. The van der Waals surface area contributed by atoms with Crippen LogP contribution in [0.2, 0.25) is 0 Å². The van der Waals surface area contributed by atoms with Gasteiger partial charge in [0, 0.05) is 0 Å². The lowest BCUT2D eigenvalue weighted by Gasteiger charge is -2.30. The molecule has 0 heterocycles. The number of hydrogen-bond donors (Lipinski definition) is 1. The van der Waals surface area contributed by atoms with Gasteiger partial charge in [0.05, 0.1) is 33.2 Å². The number of benzene rings is 1. The van der Waals surface area contributed by atoms with Gasteiger partial charge in [-0.25, -0.2) is 0 Å². The molecule has 34 heavy (non-hydrogen) atoms. The van der Waals surface area contributed by atoms with Crippen LogP contribution in [0.15, 0.2) is 30.3 Å². The van der Waals surface area contributed by atoms with Gasteiger partial charge < -0.3 is 19.5 Å². The number of carbonyl (C=O) groups excluding carboxylic acids is 1. The molecule has 0 aromatic heterocycles. The summed E-state index contributed by atoms with van der Waals surface area (Å²) in [5, 5.41) is 19.1. The van der Waals surface area contributed by atoms with E-state index in [0.29, 0.717) is 5.56 Å². The molecular formula is C30H55NO3. The Hall–Kier alpha value is -1.39. The van der Waals surface area contributed by atoms with E-state index in [2.05, 4.69) is 27.9 Å². The van der Waals surface area contributed by atoms with Crippen LogP contribution in [0, 0.1) is 0 Å². The van der Waals surface area contributed by atoms with Gasteiger partial charge in [-0.05, 0) is 31.2 Å². The molecule has 0 radical (unpaired) electrons. The van der Waals surface area contributed by atoms with Gasteiger partial charge >= 0.3 is 0 Å². The van der Waals surface area contributed by atoms with Gasteiger partial charge in [0.15, 0.2) is 0 Å². The second-order valence-electron chi connectivity index (χ2n) is 10.5. The van der Waals surface area contributed by atoms with E-state index in [4.69, 9.17) is 5.11 Å². The molecule has 1 atom stereocenters. The number of carbonyl (C=O) groups is 1. The predicted octanol–water partition coefficient (Wildman–Crippen LogP) is 6.81. The number of carboxylic acid groups (broad SMARTS) is 1. The van der Waals surface area contributed by atoms with Crippen molar-refractivity contribution >= 4 is 5.97 Å². The van der Waals surface area contributed by atoms with Crippen molar-refractivity contribution in [1.82, 2.24) is 0 Å². The zero-order valence-electron chi connectivity index (χ0n) is 22.9. The molecule has 0 saturated carbocycles. The predicted molar refractivity (Wildman–Crippen MR) is 143 cm³/mol. The van der Waals surface area contributed by atoms with Crippen molar-refractivity contribution < 1.29 is 19.5 Å². The van der Waals surface area contributed by atoms with Crippen LogP contribution in [0.25, 0.3) is 0 Å². The average molecular weight is 478 g/mol. The van der Waals surface area contributed by atoms with E-state index in [1.807, 2.05) is 0 Å². The van der Waals surface area contributed by atoms with Gasteiger partial charge in [-0.1, -0.05) is 121 Å².